The van der Waals surface area contributed by atoms with E-state index in [1.54, 1.807) is 53.4 Å². The first-order valence-electron chi connectivity index (χ1n) is 19.1. The van der Waals surface area contributed by atoms with Crippen LogP contribution in [0, 0.1) is 0 Å². The number of rotatable bonds is 10. The van der Waals surface area contributed by atoms with Crippen LogP contribution in [0.15, 0.2) is 79.4 Å². The van der Waals surface area contributed by atoms with Crippen molar-refractivity contribution in [2.45, 2.75) is 27.7 Å². The average Bonchev–Trinajstić information content (AvgIpc) is 3.64. The number of aromatic nitrogens is 4. The van der Waals surface area contributed by atoms with Gasteiger partial charge in [-0.25, -0.2) is 19.3 Å². The lowest BCUT2D eigenvalue weighted by atomic mass is 10.1. The molecule has 3 aromatic carbocycles. The van der Waals surface area contributed by atoms with Crippen LogP contribution in [0.5, 0.6) is 0 Å². The Bertz CT molecular complexity index is 2830. The van der Waals surface area contributed by atoms with E-state index in [2.05, 4.69) is 35.7 Å². The summed E-state index contributed by atoms with van der Waals surface area (Å²) in [5.41, 5.74) is 1.35. The van der Waals surface area contributed by atoms with Gasteiger partial charge in [0, 0.05) is 74.7 Å². The Morgan fingerprint density at radius 2 is 1.27 bits per heavy atom. The van der Waals surface area contributed by atoms with E-state index in [-0.39, 0.29) is 44.2 Å². The van der Waals surface area contributed by atoms with Gasteiger partial charge in [0.2, 0.25) is 0 Å². The first-order chi connectivity index (χ1) is 30.2. The molecule has 0 radical (unpaired) electrons. The second kappa shape index (κ2) is 23.2. The molecule has 340 valence electrons. The van der Waals surface area contributed by atoms with Crippen molar-refractivity contribution in [1.82, 2.24) is 29.1 Å². The molecule has 0 aliphatic carbocycles. The van der Waals surface area contributed by atoms with Crippen molar-refractivity contribution in [3.8, 4) is 5.82 Å². The molecule has 0 saturated carbocycles. The summed E-state index contributed by atoms with van der Waals surface area (Å²) in [6.45, 7) is 9.91. The Balaban J connectivity index is 0.000000235. The number of fused-ring (bicyclic) bond motifs is 1. The molecule has 3 heterocycles. The van der Waals surface area contributed by atoms with Gasteiger partial charge in [0.1, 0.15) is 10.3 Å². The number of aryl methyl sites for hydroxylation is 1. The van der Waals surface area contributed by atoms with Crippen molar-refractivity contribution in [3.05, 3.63) is 138 Å². The molecule has 3 aromatic heterocycles. The largest absolute Gasteiger partial charge is 0.422 e. The first-order valence-corrected chi connectivity index (χ1v) is 22.6. The molecule has 0 saturated heterocycles. The SMILES string of the molecule is CCN(CC)C(=O)c1cc(Cl)cc(Cl)c1N(C)C(=O)c1cc(Br)nn1-c1ncccc1Cl.CCN(CC)C(=O)c1cc(Cl)cc(Cl)c1NC.Cn1c(=O)oc(=O)c2cc(Cl)cc(Cl)c21. The molecule has 22 heteroatoms. The van der Waals surface area contributed by atoms with Crippen molar-refractivity contribution in [1.29, 1.82) is 0 Å². The van der Waals surface area contributed by atoms with Gasteiger partial charge in [-0.05, 0) is 92.2 Å². The summed E-state index contributed by atoms with van der Waals surface area (Å²) in [6.07, 6.45) is 1.55. The summed E-state index contributed by atoms with van der Waals surface area (Å²) in [5, 5.41) is 9.69. The first kappa shape index (κ1) is 52.3. The number of halogens is 8. The number of pyridine rings is 1. The number of carbonyl (C=O) groups is 3. The van der Waals surface area contributed by atoms with Crippen LogP contribution < -0.4 is 21.6 Å². The zero-order chi connectivity index (χ0) is 47.7. The molecule has 0 aliphatic heterocycles. The average molecular weight is 1080 g/mol. The Morgan fingerprint density at radius 1 is 0.734 bits per heavy atom. The fraction of sp³-hybridized carbons (Fsp3) is 0.262. The van der Waals surface area contributed by atoms with Crippen LogP contribution in [0.25, 0.3) is 16.7 Å². The highest BCUT2D eigenvalue weighted by Crippen LogP contribution is 2.35. The highest BCUT2D eigenvalue weighted by atomic mass is 79.9. The Kier molecular flexibility index (Phi) is 19.0. The molecular formula is C42H40BrCl7N8O6. The Hall–Kier alpha value is -4.32. The normalized spacial score (nSPS) is 10.7. The van der Waals surface area contributed by atoms with Crippen molar-refractivity contribution in [3.63, 3.8) is 0 Å². The topological polar surface area (TPSA) is 156 Å². The predicted molar refractivity (Wildman–Crippen MR) is 262 cm³/mol. The van der Waals surface area contributed by atoms with E-state index in [1.165, 1.54) is 47.9 Å². The lowest BCUT2D eigenvalue weighted by molar-refractivity contribution is 0.0765. The Morgan fingerprint density at radius 3 is 1.83 bits per heavy atom. The fourth-order valence-electron chi connectivity index (χ4n) is 6.26. The van der Waals surface area contributed by atoms with E-state index in [1.807, 2.05) is 27.7 Å². The third-order valence-electron chi connectivity index (χ3n) is 9.41. The predicted octanol–water partition coefficient (Wildman–Crippen LogP) is 11.1. The molecule has 0 unspecified atom stereocenters. The lowest BCUT2D eigenvalue weighted by Gasteiger charge is -2.25. The highest BCUT2D eigenvalue weighted by molar-refractivity contribution is 9.10. The van der Waals surface area contributed by atoms with Gasteiger partial charge < -0.3 is 24.4 Å². The number of amides is 3. The molecule has 0 atom stereocenters. The van der Waals surface area contributed by atoms with E-state index >= 15 is 0 Å². The molecular weight excluding hydrogens is 1040 g/mol. The van der Waals surface area contributed by atoms with Gasteiger partial charge in [-0.2, -0.15) is 5.10 Å². The van der Waals surface area contributed by atoms with Gasteiger partial charge in [-0.15, -0.1) is 0 Å². The molecule has 0 bridgehead atoms. The molecule has 0 fully saturated rings. The van der Waals surface area contributed by atoms with Gasteiger partial charge >= 0.3 is 11.4 Å². The number of hydrogen-bond donors (Lipinski definition) is 1. The van der Waals surface area contributed by atoms with Crippen LogP contribution in [0.4, 0.5) is 11.4 Å². The third kappa shape index (κ3) is 11.9. The van der Waals surface area contributed by atoms with Crippen molar-refractivity contribution < 1.29 is 18.8 Å². The van der Waals surface area contributed by atoms with E-state index in [0.717, 1.165) is 4.57 Å². The summed E-state index contributed by atoms with van der Waals surface area (Å²) < 4.78 is 7.38. The molecule has 0 aliphatic rings. The maximum absolute atomic E-state index is 13.5. The second-order valence-corrected chi connectivity index (χ2v) is 17.0. The van der Waals surface area contributed by atoms with Crippen molar-refractivity contribution >= 4 is 137 Å². The minimum Gasteiger partial charge on any atom is -0.386 e. The van der Waals surface area contributed by atoms with Crippen LogP contribution in [-0.2, 0) is 7.05 Å². The fourth-order valence-corrected chi connectivity index (χ4v) is 8.66. The van der Waals surface area contributed by atoms with E-state index in [4.69, 9.17) is 81.2 Å². The van der Waals surface area contributed by atoms with Gasteiger partial charge in [-0.1, -0.05) is 81.2 Å². The van der Waals surface area contributed by atoms with Gasteiger partial charge in [-0.3, -0.25) is 19.0 Å². The lowest BCUT2D eigenvalue weighted by Crippen LogP contribution is -2.34. The van der Waals surface area contributed by atoms with Crippen LogP contribution in [0.2, 0.25) is 35.2 Å². The zero-order valence-corrected chi connectivity index (χ0v) is 42.1. The highest BCUT2D eigenvalue weighted by Gasteiger charge is 2.29. The van der Waals surface area contributed by atoms with E-state index in [0.29, 0.717) is 78.5 Å². The van der Waals surface area contributed by atoms with Crippen LogP contribution in [-0.4, -0.2) is 87.1 Å². The molecule has 0 spiro atoms. The Labute approximate surface area is 411 Å². The quantitative estimate of drug-likeness (QED) is 0.141. The van der Waals surface area contributed by atoms with E-state index in [9.17, 15) is 24.0 Å². The summed E-state index contributed by atoms with van der Waals surface area (Å²) >= 11 is 45.8. The number of anilines is 2. The summed E-state index contributed by atoms with van der Waals surface area (Å²) in [7, 11) is 4.73. The van der Waals surface area contributed by atoms with Gasteiger partial charge in [0.15, 0.2) is 5.82 Å². The van der Waals surface area contributed by atoms with E-state index < -0.39 is 17.3 Å². The van der Waals surface area contributed by atoms with Crippen molar-refractivity contribution in [2.24, 2.45) is 7.05 Å². The summed E-state index contributed by atoms with van der Waals surface area (Å²) in [6, 6.07) is 14.0. The number of nitrogens with zero attached hydrogens (tertiary/aromatic N) is 7. The molecule has 14 nitrogen and oxygen atoms in total. The number of carbonyl (C=O) groups excluding carboxylic acids is 3. The molecule has 3 amide bonds. The van der Waals surface area contributed by atoms with Gasteiger partial charge in [0.05, 0.1) is 53.5 Å². The minimum absolute atomic E-state index is 0.0660. The molecule has 64 heavy (non-hydrogen) atoms. The minimum atomic E-state index is -0.753. The van der Waals surface area contributed by atoms with Crippen LogP contribution in [0.3, 0.4) is 0 Å². The monoisotopic (exact) mass is 1080 g/mol. The molecule has 6 rings (SSSR count). The summed E-state index contributed by atoms with van der Waals surface area (Å²) in [4.78, 5) is 70.4. The smallest absolute Gasteiger partial charge is 0.386 e. The van der Waals surface area contributed by atoms with Crippen LogP contribution in [0.1, 0.15) is 58.9 Å². The number of nitrogens with one attached hydrogen (secondary N) is 1. The third-order valence-corrected chi connectivity index (χ3v) is 11.6. The second-order valence-electron chi connectivity index (χ2n) is 13.2. The zero-order valence-electron chi connectivity index (χ0n) is 35.2. The van der Waals surface area contributed by atoms with Crippen LogP contribution >= 0.6 is 97.1 Å². The van der Waals surface area contributed by atoms with Crippen molar-refractivity contribution in [2.75, 3.05) is 50.5 Å². The molecule has 1 N–H and O–H groups in total. The molecule has 6 aromatic rings. The number of hydrogen-bond acceptors (Lipinski definition) is 9. The van der Waals surface area contributed by atoms with Gasteiger partial charge in [0.25, 0.3) is 17.7 Å². The maximum Gasteiger partial charge on any atom is 0.422 e. The number of benzene rings is 3. The summed E-state index contributed by atoms with van der Waals surface area (Å²) in [5.74, 6) is -1.28. The maximum atomic E-state index is 13.5. The standard InChI is InChI=1S/C21H19BrCl3N5O2.C12H16Cl2N2O.C9H5Cl2NO3/c1-4-29(5-2)20(31)13-9-12(23)10-15(25)18(13)28(3)21(32)16-11-17(22)27-30(16)19-14(24)7-6-8-26-19;1-4-16(5-2)12(17)9-6-8(13)7-10(14)11(9)15-3;1-12-7-5(8(13)15-9(12)14)2-4(10)3-6(7)11/h6-11H,4-5H2,1-3H3;6-7,15H,4-5H2,1-3H3;2-3H,1H3.